The Morgan fingerprint density at radius 2 is 1.50 bits per heavy atom. The second-order valence-electron chi connectivity index (χ2n) is 9.18. The summed E-state index contributed by atoms with van der Waals surface area (Å²) < 4.78 is 28.6. The lowest BCUT2D eigenvalue weighted by Gasteiger charge is -2.28. The predicted octanol–water partition coefficient (Wildman–Crippen LogP) is 5.20. The zero-order valence-electron chi connectivity index (χ0n) is 19.5. The van der Waals surface area contributed by atoms with Gasteiger partial charge in [0.1, 0.15) is 5.82 Å². The second-order valence-corrected chi connectivity index (χ2v) is 10.9. The number of nitrogens with zero attached hydrogens (tertiary/aromatic N) is 3. The normalized spacial score (nSPS) is 16.1. The number of anilines is 4. The predicted molar refractivity (Wildman–Crippen MR) is 136 cm³/mol. The molecule has 2 N–H and O–H groups in total. The van der Waals surface area contributed by atoms with Gasteiger partial charge in [-0.25, -0.2) is 13.4 Å². The number of piperidine rings is 1. The van der Waals surface area contributed by atoms with Crippen LogP contribution in [0.15, 0.2) is 53.4 Å². The van der Waals surface area contributed by atoms with E-state index in [9.17, 15) is 8.42 Å². The van der Waals surface area contributed by atoms with Crippen molar-refractivity contribution >= 4 is 33.2 Å². The first-order valence-corrected chi connectivity index (χ1v) is 13.6. The highest BCUT2D eigenvalue weighted by atomic mass is 32.2. The highest BCUT2D eigenvalue weighted by molar-refractivity contribution is 7.92. The van der Waals surface area contributed by atoms with Crippen LogP contribution in [0.2, 0.25) is 0 Å². The van der Waals surface area contributed by atoms with Gasteiger partial charge in [0, 0.05) is 36.2 Å². The van der Waals surface area contributed by atoms with Gasteiger partial charge in [-0.15, -0.1) is 0 Å². The van der Waals surface area contributed by atoms with Crippen molar-refractivity contribution in [3.05, 3.63) is 65.4 Å². The Hall–Kier alpha value is -3.13. The maximum absolute atomic E-state index is 12.9. The molecule has 178 valence electrons. The van der Waals surface area contributed by atoms with Crippen molar-refractivity contribution in [3.63, 3.8) is 0 Å². The zero-order chi connectivity index (χ0) is 23.5. The summed E-state index contributed by atoms with van der Waals surface area (Å²) in [5.74, 6) is 1.49. The van der Waals surface area contributed by atoms with Gasteiger partial charge in [0.25, 0.3) is 10.0 Å². The Morgan fingerprint density at radius 3 is 2.26 bits per heavy atom. The SMILES string of the molecule is Cc1cc(N2CCCCC2)nc(Nc2ccc(NS(=O)(=O)c3ccc4c(c3)CCCC4)cc2)n1. The zero-order valence-corrected chi connectivity index (χ0v) is 20.4. The summed E-state index contributed by atoms with van der Waals surface area (Å²) in [4.78, 5) is 11.8. The molecular formula is C26H31N5O2S. The summed E-state index contributed by atoms with van der Waals surface area (Å²) >= 11 is 0. The second kappa shape index (κ2) is 9.62. The monoisotopic (exact) mass is 477 g/mol. The summed E-state index contributed by atoms with van der Waals surface area (Å²) in [6.07, 6.45) is 7.91. The summed E-state index contributed by atoms with van der Waals surface area (Å²) in [6, 6.07) is 14.7. The quantitative estimate of drug-likeness (QED) is 0.508. The van der Waals surface area contributed by atoms with E-state index < -0.39 is 10.0 Å². The lowest BCUT2D eigenvalue weighted by atomic mass is 9.92. The molecule has 1 aromatic heterocycles. The molecule has 1 aliphatic heterocycles. The Balaban J connectivity index is 1.28. The Kier molecular flexibility index (Phi) is 6.41. The molecule has 8 heteroatoms. The molecule has 1 aliphatic carbocycles. The minimum atomic E-state index is -3.64. The van der Waals surface area contributed by atoms with E-state index in [4.69, 9.17) is 4.98 Å². The molecule has 0 unspecified atom stereocenters. The Labute approximate surface area is 201 Å². The molecular weight excluding hydrogens is 446 g/mol. The average Bonchev–Trinajstić information content (AvgIpc) is 2.85. The summed E-state index contributed by atoms with van der Waals surface area (Å²) in [5.41, 5.74) is 4.64. The van der Waals surface area contributed by atoms with E-state index in [0.29, 0.717) is 16.5 Å². The largest absolute Gasteiger partial charge is 0.356 e. The third-order valence-electron chi connectivity index (χ3n) is 6.54. The number of sulfonamides is 1. The van der Waals surface area contributed by atoms with Gasteiger partial charge in [-0.05, 0) is 99.4 Å². The molecule has 2 aliphatic rings. The van der Waals surface area contributed by atoms with Gasteiger partial charge in [-0.1, -0.05) is 6.07 Å². The lowest BCUT2D eigenvalue weighted by Crippen LogP contribution is -2.30. The molecule has 2 heterocycles. The van der Waals surface area contributed by atoms with Crippen LogP contribution in [0.3, 0.4) is 0 Å². The lowest BCUT2D eigenvalue weighted by molar-refractivity contribution is 0.573. The first-order chi connectivity index (χ1) is 16.5. The minimum absolute atomic E-state index is 0.314. The van der Waals surface area contributed by atoms with Gasteiger partial charge in [0.15, 0.2) is 0 Å². The molecule has 0 bridgehead atoms. The first-order valence-electron chi connectivity index (χ1n) is 12.1. The van der Waals surface area contributed by atoms with E-state index >= 15 is 0 Å². The van der Waals surface area contributed by atoms with E-state index in [0.717, 1.165) is 55.1 Å². The van der Waals surface area contributed by atoms with Crippen LogP contribution in [0.4, 0.5) is 23.1 Å². The summed E-state index contributed by atoms with van der Waals surface area (Å²) in [5, 5.41) is 3.25. The van der Waals surface area contributed by atoms with Crippen LogP contribution in [0.5, 0.6) is 0 Å². The standard InChI is InChI=1S/C26H31N5O2S/c1-19-17-25(31-15-5-2-6-16-31)29-26(27-19)28-22-10-12-23(13-11-22)30-34(32,33)24-14-9-20-7-3-4-8-21(20)18-24/h9-14,17-18,30H,2-8,15-16H2,1H3,(H,27,28,29). The third-order valence-corrected chi connectivity index (χ3v) is 7.92. The van der Waals surface area contributed by atoms with Crippen LogP contribution in [0.1, 0.15) is 48.9 Å². The van der Waals surface area contributed by atoms with Crippen molar-refractivity contribution in [1.29, 1.82) is 0 Å². The average molecular weight is 478 g/mol. The first kappa shape index (κ1) is 22.7. The highest BCUT2D eigenvalue weighted by Crippen LogP contribution is 2.26. The van der Waals surface area contributed by atoms with Crippen LogP contribution in [0.25, 0.3) is 0 Å². The van der Waals surface area contributed by atoms with Crippen molar-refractivity contribution in [2.24, 2.45) is 0 Å². The number of hydrogen-bond acceptors (Lipinski definition) is 6. The molecule has 7 nitrogen and oxygen atoms in total. The fourth-order valence-corrected chi connectivity index (χ4v) is 5.84. The van der Waals surface area contributed by atoms with Crippen molar-refractivity contribution in [3.8, 4) is 0 Å². The van der Waals surface area contributed by atoms with Crippen LogP contribution >= 0.6 is 0 Å². The topological polar surface area (TPSA) is 87.2 Å². The van der Waals surface area contributed by atoms with Gasteiger partial charge < -0.3 is 10.2 Å². The van der Waals surface area contributed by atoms with Crippen molar-refractivity contribution < 1.29 is 8.42 Å². The molecule has 0 radical (unpaired) electrons. The van der Waals surface area contributed by atoms with E-state index in [-0.39, 0.29) is 0 Å². The Bertz CT molecular complexity index is 1270. The van der Waals surface area contributed by atoms with Gasteiger partial charge in [0.05, 0.1) is 4.90 Å². The van der Waals surface area contributed by atoms with Crippen LogP contribution in [0, 0.1) is 6.92 Å². The van der Waals surface area contributed by atoms with Crippen LogP contribution in [-0.2, 0) is 22.9 Å². The maximum atomic E-state index is 12.9. The van der Waals surface area contributed by atoms with Crippen LogP contribution < -0.4 is 14.9 Å². The molecule has 34 heavy (non-hydrogen) atoms. The Morgan fingerprint density at radius 1 is 0.794 bits per heavy atom. The van der Waals surface area contributed by atoms with E-state index in [2.05, 4.69) is 19.9 Å². The number of rotatable bonds is 6. The molecule has 1 fully saturated rings. The van der Waals surface area contributed by atoms with Gasteiger partial charge >= 0.3 is 0 Å². The molecule has 1 saturated heterocycles. The minimum Gasteiger partial charge on any atom is -0.356 e. The van der Waals surface area contributed by atoms with Gasteiger partial charge in [0.2, 0.25) is 5.95 Å². The number of aryl methyl sites for hydroxylation is 3. The summed E-state index contributed by atoms with van der Waals surface area (Å²) in [7, 11) is -3.64. The number of hydrogen-bond donors (Lipinski definition) is 2. The smallest absolute Gasteiger partial charge is 0.261 e. The van der Waals surface area contributed by atoms with Crippen molar-refractivity contribution in [2.45, 2.75) is 56.8 Å². The fourth-order valence-electron chi connectivity index (χ4n) is 4.73. The molecule has 0 atom stereocenters. The van der Waals surface area contributed by atoms with Crippen molar-refractivity contribution in [2.75, 3.05) is 28.0 Å². The van der Waals surface area contributed by atoms with Gasteiger partial charge in [-0.2, -0.15) is 4.98 Å². The highest BCUT2D eigenvalue weighted by Gasteiger charge is 2.18. The molecule has 3 aromatic rings. The van der Waals surface area contributed by atoms with Crippen LogP contribution in [-0.4, -0.2) is 31.5 Å². The van der Waals surface area contributed by atoms with Gasteiger partial charge in [-0.3, -0.25) is 4.72 Å². The third kappa shape index (κ3) is 5.17. The maximum Gasteiger partial charge on any atom is 0.261 e. The molecule has 2 aromatic carbocycles. The van der Waals surface area contributed by atoms with Crippen molar-refractivity contribution in [1.82, 2.24) is 9.97 Å². The number of aromatic nitrogens is 2. The number of nitrogens with one attached hydrogen (secondary N) is 2. The molecule has 0 saturated carbocycles. The molecule has 0 amide bonds. The van der Waals surface area contributed by atoms with E-state index in [1.54, 1.807) is 18.2 Å². The van der Waals surface area contributed by atoms with E-state index in [1.807, 2.05) is 37.3 Å². The van der Waals surface area contributed by atoms with E-state index in [1.165, 1.54) is 31.2 Å². The number of benzene rings is 2. The fraction of sp³-hybridized carbons (Fsp3) is 0.385. The molecule has 5 rings (SSSR count). The molecule has 0 spiro atoms. The summed E-state index contributed by atoms with van der Waals surface area (Å²) in [6.45, 7) is 4.02. The number of fused-ring (bicyclic) bond motifs is 1.